The van der Waals surface area contributed by atoms with Crippen molar-refractivity contribution >= 4 is 34.8 Å². The van der Waals surface area contributed by atoms with Gasteiger partial charge in [-0.1, -0.05) is 23.7 Å². The van der Waals surface area contributed by atoms with E-state index in [1.165, 1.54) is 10.9 Å². The molecule has 0 bridgehead atoms. The molecule has 3 aromatic rings. The van der Waals surface area contributed by atoms with E-state index in [0.29, 0.717) is 36.8 Å². The fourth-order valence-electron chi connectivity index (χ4n) is 4.81. The third kappa shape index (κ3) is 4.73. The van der Waals surface area contributed by atoms with E-state index in [2.05, 4.69) is 16.3 Å². The lowest BCUT2D eigenvalue weighted by Crippen LogP contribution is -2.53. The quantitative estimate of drug-likeness (QED) is 0.534. The maximum Gasteiger partial charge on any atom is 0.253 e. The highest BCUT2D eigenvalue weighted by atomic mass is 35.5. The maximum absolute atomic E-state index is 14.0. The summed E-state index contributed by atoms with van der Waals surface area (Å²) in [5, 5.41) is 2.66. The highest BCUT2D eigenvalue weighted by molar-refractivity contribution is 7.10. The van der Waals surface area contributed by atoms with Crippen LogP contribution in [0.2, 0.25) is 5.02 Å². The van der Waals surface area contributed by atoms with Crippen LogP contribution in [0, 0.1) is 5.82 Å². The summed E-state index contributed by atoms with van der Waals surface area (Å²) in [6.07, 6.45) is 0.884. The molecule has 1 fully saturated rings. The van der Waals surface area contributed by atoms with Crippen molar-refractivity contribution in [3.05, 3.63) is 92.4 Å². The average Bonchev–Trinajstić information content (AvgIpc) is 3.33. The van der Waals surface area contributed by atoms with Gasteiger partial charge in [-0.3, -0.25) is 14.5 Å². The lowest BCUT2D eigenvalue weighted by Gasteiger charge is -2.39. The van der Waals surface area contributed by atoms with Gasteiger partial charge >= 0.3 is 0 Å². The minimum atomic E-state index is -0.271. The Bertz CT molecular complexity index is 1190. The Morgan fingerprint density at radius 2 is 1.71 bits per heavy atom. The number of hydrogen-bond acceptors (Lipinski definition) is 4. The predicted molar refractivity (Wildman–Crippen MR) is 132 cm³/mol. The van der Waals surface area contributed by atoms with Crippen LogP contribution >= 0.6 is 22.9 Å². The van der Waals surface area contributed by atoms with E-state index in [-0.39, 0.29) is 30.2 Å². The number of amides is 2. The number of carbonyl (C=O) groups is 2. The van der Waals surface area contributed by atoms with Crippen LogP contribution in [0.15, 0.2) is 60.0 Å². The van der Waals surface area contributed by atoms with E-state index in [1.807, 2.05) is 11.0 Å². The van der Waals surface area contributed by atoms with Crippen molar-refractivity contribution in [2.75, 3.05) is 39.3 Å². The van der Waals surface area contributed by atoms with Gasteiger partial charge in [0.25, 0.3) is 5.91 Å². The number of halogens is 2. The first kappa shape index (κ1) is 23.0. The highest BCUT2D eigenvalue weighted by Gasteiger charge is 2.33. The summed E-state index contributed by atoms with van der Waals surface area (Å²) in [7, 11) is 0. The minimum Gasteiger partial charge on any atom is -0.338 e. The second-order valence-corrected chi connectivity index (χ2v) is 10.1. The van der Waals surface area contributed by atoms with Gasteiger partial charge in [0.05, 0.1) is 12.6 Å². The summed E-state index contributed by atoms with van der Waals surface area (Å²) in [6.45, 7) is 3.00. The second-order valence-electron chi connectivity index (χ2n) is 8.66. The first-order valence-electron chi connectivity index (χ1n) is 11.4. The molecule has 0 saturated carbocycles. The second kappa shape index (κ2) is 9.86. The topological polar surface area (TPSA) is 43.9 Å². The molecular formula is C26H25ClFN3O2S. The zero-order valence-corrected chi connectivity index (χ0v) is 20.2. The van der Waals surface area contributed by atoms with Crippen LogP contribution in [-0.4, -0.2) is 65.8 Å². The van der Waals surface area contributed by atoms with E-state index >= 15 is 0 Å². The molecule has 3 heterocycles. The molecule has 0 N–H and O–H groups in total. The molecule has 8 heteroatoms. The van der Waals surface area contributed by atoms with Crippen molar-refractivity contribution < 1.29 is 14.0 Å². The van der Waals surface area contributed by atoms with E-state index in [4.69, 9.17) is 11.6 Å². The van der Waals surface area contributed by atoms with E-state index in [0.717, 1.165) is 24.1 Å². The lowest BCUT2D eigenvalue weighted by molar-refractivity contribution is -0.134. The molecule has 0 aliphatic carbocycles. The number of thiophene rings is 1. The van der Waals surface area contributed by atoms with Gasteiger partial charge in [0.2, 0.25) is 5.91 Å². The van der Waals surface area contributed by atoms with E-state index in [9.17, 15) is 14.0 Å². The fourth-order valence-corrected chi connectivity index (χ4v) is 5.84. The Hall–Kier alpha value is -2.74. The standard InChI is InChI=1S/C26H25ClFN3O2S/c27-20-6-4-18(5-7-20)26(33)30-13-11-29(12-14-30)24(32)17-31-10-8-23-22(9-15-34-23)25(31)19-2-1-3-21(28)16-19/h1-7,9,15-16,25H,8,10-14,17H2. The van der Waals surface area contributed by atoms with Crippen molar-refractivity contribution in [2.45, 2.75) is 12.5 Å². The molecule has 1 saturated heterocycles. The first-order chi connectivity index (χ1) is 16.5. The van der Waals surface area contributed by atoms with Crippen LogP contribution in [0.3, 0.4) is 0 Å². The van der Waals surface area contributed by atoms with Crippen molar-refractivity contribution in [1.82, 2.24) is 14.7 Å². The fraction of sp³-hybridized carbons (Fsp3) is 0.308. The van der Waals surface area contributed by atoms with Gasteiger partial charge in [0.15, 0.2) is 0 Å². The molecule has 34 heavy (non-hydrogen) atoms. The predicted octanol–water partition coefficient (Wildman–Crippen LogP) is 4.47. The van der Waals surface area contributed by atoms with Crippen LogP contribution < -0.4 is 0 Å². The molecule has 5 rings (SSSR count). The maximum atomic E-state index is 14.0. The Balaban J connectivity index is 1.25. The molecule has 0 radical (unpaired) electrons. The SMILES string of the molecule is O=C(CN1CCc2sccc2C1c1cccc(F)c1)N1CCN(C(=O)c2ccc(Cl)cc2)CC1. The van der Waals surface area contributed by atoms with E-state index in [1.54, 1.807) is 52.6 Å². The van der Waals surface area contributed by atoms with Gasteiger partial charge in [0, 0.05) is 48.2 Å². The largest absolute Gasteiger partial charge is 0.338 e. The molecule has 2 aliphatic heterocycles. The van der Waals surface area contributed by atoms with Crippen LogP contribution in [0.4, 0.5) is 4.39 Å². The van der Waals surface area contributed by atoms with Gasteiger partial charge in [0.1, 0.15) is 5.82 Å². The number of fused-ring (bicyclic) bond motifs is 1. The summed E-state index contributed by atoms with van der Waals surface area (Å²) >= 11 is 7.64. The summed E-state index contributed by atoms with van der Waals surface area (Å²) in [4.78, 5) is 33.1. The van der Waals surface area contributed by atoms with Crippen molar-refractivity contribution in [3.63, 3.8) is 0 Å². The number of carbonyl (C=O) groups excluding carboxylic acids is 2. The van der Waals surface area contributed by atoms with Gasteiger partial charge < -0.3 is 9.80 Å². The Morgan fingerprint density at radius 3 is 2.44 bits per heavy atom. The molecule has 2 amide bonds. The summed E-state index contributed by atoms with van der Waals surface area (Å²) in [5.74, 6) is -0.276. The lowest BCUT2D eigenvalue weighted by atomic mass is 9.93. The van der Waals surface area contributed by atoms with Gasteiger partial charge in [-0.05, 0) is 65.4 Å². The third-order valence-electron chi connectivity index (χ3n) is 6.58. The molecule has 2 aliphatic rings. The molecule has 0 spiro atoms. The van der Waals surface area contributed by atoms with Crippen LogP contribution in [0.5, 0.6) is 0 Å². The van der Waals surface area contributed by atoms with Crippen molar-refractivity contribution in [3.8, 4) is 0 Å². The Kier molecular flexibility index (Phi) is 6.68. The Morgan fingerprint density at radius 1 is 0.971 bits per heavy atom. The van der Waals surface area contributed by atoms with Crippen LogP contribution in [0.1, 0.15) is 32.4 Å². The van der Waals surface area contributed by atoms with Crippen LogP contribution in [-0.2, 0) is 11.2 Å². The zero-order valence-electron chi connectivity index (χ0n) is 18.6. The van der Waals surface area contributed by atoms with Gasteiger partial charge in [-0.15, -0.1) is 11.3 Å². The summed E-state index contributed by atoms with van der Waals surface area (Å²) in [6, 6.07) is 15.5. The number of rotatable bonds is 4. The molecule has 5 nitrogen and oxygen atoms in total. The molecule has 1 aromatic heterocycles. The monoisotopic (exact) mass is 497 g/mol. The highest BCUT2D eigenvalue weighted by Crippen LogP contribution is 2.37. The van der Waals surface area contributed by atoms with Crippen molar-refractivity contribution in [2.24, 2.45) is 0 Å². The third-order valence-corrected chi connectivity index (χ3v) is 7.83. The summed E-state index contributed by atoms with van der Waals surface area (Å²) in [5.41, 5.74) is 2.63. The molecule has 1 atom stereocenters. The zero-order chi connectivity index (χ0) is 23.7. The number of benzene rings is 2. The smallest absolute Gasteiger partial charge is 0.253 e. The molecule has 2 aromatic carbocycles. The number of hydrogen-bond donors (Lipinski definition) is 0. The van der Waals surface area contributed by atoms with E-state index < -0.39 is 0 Å². The van der Waals surface area contributed by atoms with Gasteiger partial charge in [-0.25, -0.2) is 4.39 Å². The average molecular weight is 498 g/mol. The first-order valence-corrected chi connectivity index (χ1v) is 12.6. The molecule has 176 valence electrons. The van der Waals surface area contributed by atoms with Crippen molar-refractivity contribution in [1.29, 1.82) is 0 Å². The van der Waals surface area contributed by atoms with Crippen LogP contribution in [0.25, 0.3) is 0 Å². The minimum absolute atomic E-state index is 0.0404. The number of piperazine rings is 1. The van der Waals surface area contributed by atoms with Gasteiger partial charge in [-0.2, -0.15) is 0 Å². The molecule has 1 unspecified atom stereocenters. The normalized spacial score (nSPS) is 18.6. The summed E-state index contributed by atoms with van der Waals surface area (Å²) < 4.78 is 14.0. The molecular weight excluding hydrogens is 473 g/mol. The number of nitrogens with zero attached hydrogens (tertiary/aromatic N) is 3. The Labute approximate surface area is 207 Å².